The quantitative estimate of drug-likeness (QED) is 0.922. The number of nitrogens with one attached hydrogen (secondary N) is 1. The van der Waals surface area contributed by atoms with E-state index >= 15 is 0 Å². The lowest BCUT2D eigenvalue weighted by Gasteiger charge is -2.25. The molecule has 114 valence electrons. The third-order valence-corrected chi connectivity index (χ3v) is 5.08. The number of carbonyl (C=O) groups is 1. The van der Waals surface area contributed by atoms with Crippen LogP contribution in [0, 0.1) is 25.7 Å². The smallest absolute Gasteiger partial charge is 0.261 e. The molecule has 2 aliphatic rings. The Balaban J connectivity index is 1.58. The summed E-state index contributed by atoms with van der Waals surface area (Å²) in [5, 5.41) is 3.20. The van der Waals surface area contributed by atoms with Gasteiger partial charge in [-0.2, -0.15) is 0 Å². The number of fused-ring (bicyclic) bond motifs is 2. The van der Waals surface area contributed by atoms with Crippen molar-refractivity contribution in [1.82, 2.24) is 5.32 Å². The van der Waals surface area contributed by atoms with Gasteiger partial charge in [0, 0.05) is 6.04 Å². The Hall–Kier alpha value is -1.51. The monoisotopic (exact) mass is 287 g/mol. The van der Waals surface area contributed by atoms with E-state index in [1.54, 1.807) is 0 Å². The van der Waals surface area contributed by atoms with E-state index in [2.05, 4.69) is 11.4 Å². The Kier molecular flexibility index (Phi) is 3.92. The summed E-state index contributed by atoms with van der Waals surface area (Å²) in [6, 6.07) is 6.46. The van der Waals surface area contributed by atoms with Gasteiger partial charge in [0.15, 0.2) is 6.10 Å². The molecule has 3 nitrogen and oxygen atoms in total. The van der Waals surface area contributed by atoms with Crippen LogP contribution in [0.15, 0.2) is 18.2 Å². The first kappa shape index (κ1) is 14.4. The Labute approximate surface area is 127 Å². The maximum atomic E-state index is 12.3. The molecule has 2 aliphatic carbocycles. The van der Waals surface area contributed by atoms with Crippen LogP contribution in [0.4, 0.5) is 0 Å². The predicted molar refractivity (Wildman–Crippen MR) is 83.4 cm³/mol. The molecule has 3 rings (SSSR count). The van der Waals surface area contributed by atoms with E-state index in [0.717, 1.165) is 29.2 Å². The van der Waals surface area contributed by atoms with Crippen molar-refractivity contribution in [3.63, 3.8) is 0 Å². The Morgan fingerprint density at radius 1 is 1.29 bits per heavy atom. The van der Waals surface area contributed by atoms with Crippen molar-refractivity contribution in [2.45, 2.75) is 58.6 Å². The summed E-state index contributed by atoms with van der Waals surface area (Å²) in [7, 11) is 0. The normalized spacial score (nSPS) is 28.4. The molecule has 4 atom stereocenters. The van der Waals surface area contributed by atoms with E-state index in [1.807, 2.05) is 32.9 Å². The first-order valence-electron chi connectivity index (χ1n) is 8.07. The van der Waals surface area contributed by atoms with Crippen molar-refractivity contribution in [2.75, 3.05) is 0 Å². The highest BCUT2D eigenvalue weighted by Crippen LogP contribution is 2.44. The predicted octanol–water partition coefficient (Wildman–Crippen LogP) is 3.38. The highest BCUT2D eigenvalue weighted by Gasteiger charge is 2.40. The Morgan fingerprint density at radius 3 is 2.76 bits per heavy atom. The van der Waals surface area contributed by atoms with Crippen molar-refractivity contribution in [1.29, 1.82) is 0 Å². The molecule has 2 bridgehead atoms. The van der Waals surface area contributed by atoms with Crippen molar-refractivity contribution in [3.05, 3.63) is 29.3 Å². The Bertz CT molecular complexity index is 540. The van der Waals surface area contributed by atoms with E-state index in [1.165, 1.54) is 19.3 Å². The molecule has 1 aromatic rings. The fraction of sp³-hybridized carbons (Fsp3) is 0.611. The zero-order chi connectivity index (χ0) is 15.0. The van der Waals surface area contributed by atoms with Crippen molar-refractivity contribution in [2.24, 2.45) is 11.8 Å². The highest BCUT2D eigenvalue weighted by atomic mass is 16.5. The van der Waals surface area contributed by atoms with Crippen LogP contribution >= 0.6 is 0 Å². The van der Waals surface area contributed by atoms with Gasteiger partial charge < -0.3 is 10.1 Å². The highest BCUT2D eigenvalue weighted by molar-refractivity contribution is 5.81. The summed E-state index contributed by atoms with van der Waals surface area (Å²) in [5.74, 6) is 2.38. The van der Waals surface area contributed by atoms with Gasteiger partial charge in [-0.25, -0.2) is 0 Å². The summed E-state index contributed by atoms with van der Waals surface area (Å²) >= 11 is 0. The molecular formula is C18H25NO2. The summed E-state index contributed by atoms with van der Waals surface area (Å²) < 4.78 is 5.87. The van der Waals surface area contributed by atoms with Gasteiger partial charge in [0.2, 0.25) is 0 Å². The molecule has 0 unspecified atom stereocenters. The Morgan fingerprint density at radius 2 is 2.10 bits per heavy atom. The first-order chi connectivity index (χ1) is 10.0. The number of amides is 1. The van der Waals surface area contributed by atoms with Crippen LogP contribution in [0.2, 0.25) is 0 Å². The lowest BCUT2D eigenvalue weighted by Crippen LogP contribution is -2.44. The van der Waals surface area contributed by atoms with Gasteiger partial charge in [-0.15, -0.1) is 0 Å². The molecular weight excluding hydrogens is 262 g/mol. The van der Waals surface area contributed by atoms with E-state index in [0.29, 0.717) is 12.0 Å². The summed E-state index contributed by atoms with van der Waals surface area (Å²) in [5.41, 5.74) is 2.22. The molecule has 1 aromatic carbocycles. The third kappa shape index (κ3) is 3.07. The van der Waals surface area contributed by atoms with Crippen molar-refractivity contribution in [3.8, 4) is 5.75 Å². The summed E-state index contributed by atoms with van der Waals surface area (Å²) in [4.78, 5) is 12.3. The molecule has 0 aliphatic heterocycles. The zero-order valence-electron chi connectivity index (χ0n) is 13.2. The minimum atomic E-state index is -0.440. The molecule has 2 fully saturated rings. The second-order valence-corrected chi connectivity index (χ2v) is 6.82. The van der Waals surface area contributed by atoms with Gasteiger partial charge in [0.1, 0.15) is 5.75 Å². The SMILES string of the molecule is Cc1ccc(C)c(O[C@H](C)C(=O)N[C@H]2C[C@@H]3CC[C@@H]2C3)c1. The molecule has 0 spiro atoms. The van der Waals surface area contributed by atoms with Gasteiger partial charge in [0.25, 0.3) is 5.91 Å². The number of ether oxygens (including phenoxy) is 1. The minimum absolute atomic E-state index is 0.0217. The van der Waals surface area contributed by atoms with Crippen LogP contribution in [-0.2, 0) is 4.79 Å². The maximum Gasteiger partial charge on any atom is 0.261 e. The topological polar surface area (TPSA) is 38.3 Å². The molecule has 2 saturated carbocycles. The second-order valence-electron chi connectivity index (χ2n) is 6.82. The van der Waals surface area contributed by atoms with Crippen LogP contribution in [0.5, 0.6) is 5.75 Å². The van der Waals surface area contributed by atoms with Gasteiger partial charge in [0.05, 0.1) is 0 Å². The van der Waals surface area contributed by atoms with Gasteiger partial charge in [-0.05, 0) is 69.1 Å². The fourth-order valence-corrected chi connectivity index (χ4v) is 3.80. The second kappa shape index (κ2) is 5.70. The van der Waals surface area contributed by atoms with E-state index in [4.69, 9.17) is 4.74 Å². The molecule has 1 N–H and O–H groups in total. The average Bonchev–Trinajstić information content (AvgIpc) is 3.05. The average molecular weight is 287 g/mol. The fourth-order valence-electron chi connectivity index (χ4n) is 3.80. The van der Waals surface area contributed by atoms with Crippen LogP contribution in [0.3, 0.4) is 0 Å². The van der Waals surface area contributed by atoms with Gasteiger partial charge in [-0.1, -0.05) is 18.6 Å². The number of benzene rings is 1. The van der Waals surface area contributed by atoms with E-state index < -0.39 is 6.10 Å². The van der Waals surface area contributed by atoms with E-state index in [9.17, 15) is 4.79 Å². The standard InChI is InChI=1S/C18H25NO2/c1-11-4-5-12(2)17(8-11)21-13(3)18(20)19-16-10-14-6-7-15(16)9-14/h4-5,8,13-16H,6-7,9-10H2,1-3H3,(H,19,20)/t13-,14-,15-,16+/m1/s1. The maximum absolute atomic E-state index is 12.3. The first-order valence-corrected chi connectivity index (χ1v) is 8.07. The molecule has 0 heterocycles. The number of carbonyl (C=O) groups excluding carboxylic acids is 1. The lowest BCUT2D eigenvalue weighted by molar-refractivity contribution is -0.128. The van der Waals surface area contributed by atoms with Crippen LogP contribution in [0.1, 0.15) is 43.7 Å². The third-order valence-electron chi connectivity index (χ3n) is 5.08. The largest absolute Gasteiger partial charge is 0.481 e. The molecule has 3 heteroatoms. The van der Waals surface area contributed by atoms with Crippen LogP contribution in [0.25, 0.3) is 0 Å². The minimum Gasteiger partial charge on any atom is -0.481 e. The van der Waals surface area contributed by atoms with Crippen LogP contribution < -0.4 is 10.1 Å². The molecule has 0 saturated heterocycles. The van der Waals surface area contributed by atoms with Gasteiger partial charge >= 0.3 is 0 Å². The van der Waals surface area contributed by atoms with E-state index in [-0.39, 0.29) is 5.91 Å². The molecule has 1 amide bonds. The number of hydrogen-bond acceptors (Lipinski definition) is 2. The molecule has 0 aromatic heterocycles. The molecule has 21 heavy (non-hydrogen) atoms. The van der Waals surface area contributed by atoms with Crippen LogP contribution in [-0.4, -0.2) is 18.1 Å². The summed E-state index contributed by atoms with van der Waals surface area (Å²) in [6.45, 7) is 5.88. The number of rotatable bonds is 4. The lowest BCUT2D eigenvalue weighted by atomic mass is 9.95. The summed E-state index contributed by atoms with van der Waals surface area (Å²) in [6.07, 6.45) is 4.65. The number of hydrogen-bond donors (Lipinski definition) is 1. The molecule has 0 radical (unpaired) electrons. The number of aryl methyl sites for hydroxylation is 2. The van der Waals surface area contributed by atoms with Crippen molar-refractivity contribution >= 4 is 5.91 Å². The van der Waals surface area contributed by atoms with Gasteiger partial charge in [-0.3, -0.25) is 4.79 Å². The van der Waals surface area contributed by atoms with Crippen molar-refractivity contribution < 1.29 is 9.53 Å². The zero-order valence-corrected chi connectivity index (χ0v) is 13.2.